The summed E-state index contributed by atoms with van der Waals surface area (Å²) in [5.74, 6) is -0.153. The fourth-order valence-electron chi connectivity index (χ4n) is 3.41. The maximum absolute atomic E-state index is 13.5. The Hall–Kier alpha value is -3.69. The van der Waals surface area contributed by atoms with Crippen LogP contribution in [0.25, 0.3) is 5.57 Å². The molecule has 0 aliphatic carbocycles. The summed E-state index contributed by atoms with van der Waals surface area (Å²) in [6, 6.07) is 16.1. The number of benzene rings is 2. The van der Waals surface area contributed by atoms with Crippen LogP contribution >= 0.6 is 0 Å². The summed E-state index contributed by atoms with van der Waals surface area (Å²) in [7, 11) is -2.37. The highest BCUT2D eigenvalue weighted by Crippen LogP contribution is 2.31. The van der Waals surface area contributed by atoms with Crippen molar-refractivity contribution in [3.8, 4) is 5.75 Å². The minimum atomic E-state index is -3.88. The normalized spacial score (nSPS) is 11.8. The van der Waals surface area contributed by atoms with Crippen LogP contribution in [0.15, 0.2) is 84.0 Å². The zero-order valence-electron chi connectivity index (χ0n) is 18.5. The average Bonchev–Trinajstić information content (AvgIpc) is 2.82. The summed E-state index contributed by atoms with van der Waals surface area (Å²) in [5.41, 5.74) is 3.80. The van der Waals surface area contributed by atoms with Crippen LogP contribution < -0.4 is 14.5 Å². The van der Waals surface area contributed by atoms with Crippen LogP contribution in [0.2, 0.25) is 0 Å². The van der Waals surface area contributed by atoms with Gasteiger partial charge in [0.15, 0.2) is 0 Å². The predicted molar refractivity (Wildman–Crippen MR) is 125 cm³/mol. The number of hydroxylamine groups is 1. The Morgan fingerprint density at radius 2 is 1.73 bits per heavy atom. The molecule has 0 spiro atoms. The Bertz CT molecular complexity index is 1240. The molecule has 0 bridgehead atoms. The van der Waals surface area contributed by atoms with E-state index in [-0.39, 0.29) is 10.9 Å². The fourth-order valence-corrected chi connectivity index (χ4v) is 5.07. The van der Waals surface area contributed by atoms with E-state index in [0.717, 1.165) is 0 Å². The van der Waals surface area contributed by atoms with Gasteiger partial charge in [-0.25, -0.2) is 13.9 Å². The molecule has 8 nitrogen and oxygen atoms in total. The van der Waals surface area contributed by atoms with Gasteiger partial charge in [-0.05, 0) is 79.1 Å². The number of hydrogen-bond acceptors (Lipinski definition) is 6. The Labute approximate surface area is 193 Å². The van der Waals surface area contributed by atoms with Gasteiger partial charge in [-0.1, -0.05) is 12.1 Å². The van der Waals surface area contributed by atoms with E-state index in [1.54, 1.807) is 80.3 Å². The van der Waals surface area contributed by atoms with Gasteiger partial charge in [-0.3, -0.25) is 19.3 Å². The van der Waals surface area contributed by atoms with Gasteiger partial charge in [-0.15, -0.1) is 0 Å². The first-order valence-corrected chi connectivity index (χ1v) is 11.6. The number of sulfonamides is 1. The summed E-state index contributed by atoms with van der Waals surface area (Å²) in [4.78, 5) is 16.0. The number of hydrogen-bond donors (Lipinski definition) is 2. The number of aromatic nitrogens is 1. The standard InChI is InChI=1S/C24H25N3O5S/c1-17(2)27(33(30,31)22-9-7-21(32-3)8-10-22)20-6-4-5-19(15-20)23(16-24(28)26-29)18-11-13-25-14-12-18/h4-17,29H,1-3H3,(H,26,28)/b23-16-. The first kappa shape index (κ1) is 24.0. The summed E-state index contributed by atoms with van der Waals surface area (Å²) < 4.78 is 33.5. The number of carbonyl (C=O) groups excluding carboxylic acids is 1. The van der Waals surface area contributed by atoms with E-state index in [0.29, 0.717) is 28.1 Å². The van der Waals surface area contributed by atoms with E-state index < -0.39 is 15.9 Å². The summed E-state index contributed by atoms with van der Waals surface area (Å²) in [6.07, 6.45) is 4.41. The Morgan fingerprint density at radius 1 is 1.06 bits per heavy atom. The van der Waals surface area contributed by atoms with Crippen molar-refractivity contribution in [2.24, 2.45) is 0 Å². The lowest BCUT2D eigenvalue weighted by molar-refractivity contribution is -0.124. The second-order valence-electron chi connectivity index (χ2n) is 7.39. The molecule has 0 radical (unpaired) electrons. The molecule has 33 heavy (non-hydrogen) atoms. The molecule has 0 saturated heterocycles. The first-order valence-electron chi connectivity index (χ1n) is 10.1. The van der Waals surface area contributed by atoms with Crippen LogP contribution in [0, 0.1) is 0 Å². The molecule has 0 atom stereocenters. The lowest BCUT2D eigenvalue weighted by atomic mass is 9.97. The lowest BCUT2D eigenvalue weighted by Crippen LogP contribution is -2.37. The molecule has 9 heteroatoms. The van der Waals surface area contributed by atoms with E-state index in [9.17, 15) is 13.2 Å². The number of nitrogens with zero attached hydrogens (tertiary/aromatic N) is 2. The van der Waals surface area contributed by atoms with Crippen molar-refractivity contribution in [3.63, 3.8) is 0 Å². The number of amides is 1. The number of nitrogens with one attached hydrogen (secondary N) is 1. The Morgan fingerprint density at radius 3 is 2.30 bits per heavy atom. The Balaban J connectivity index is 2.11. The number of carbonyl (C=O) groups is 1. The third-order valence-corrected chi connectivity index (χ3v) is 6.89. The minimum absolute atomic E-state index is 0.131. The molecule has 172 valence electrons. The van der Waals surface area contributed by atoms with Gasteiger partial charge in [0.05, 0.1) is 17.7 Å². The maximum Gasteiger partial charge on any atom is 0.267 e. The van der Waals surface area contributed by atoms with Crippen LogP contribution in [-0.2, 0) is 14.8 Å². The van der Waals surface area contributed by atoms with Crippen molar-refractivity contribution in [3.05, 3.63) is 90.3 Å². The molecule has 0 saturated carbocycles. The SMILES string of the molecule is COc1ccc(S(=O)(=O)N(c2cccc(/C(=C\C(=O)NO)c3ccncc3)c2)C(C)C)cc1. The van der Waals surface area contributed by atoms with Crippen molar-refractivity contribution >= 4 is 27.2 Å². The van der Waals surface area contributed by atoms with Crippen molar-refractivity contribution in [1.82, 2.24) is 10.5 Å². The predicted octanol–water partition coefficient (Wildman–Crippen LogP) is 3.63. The Kier molecular flexibility index (Phi) is 7.47. The molecule has 0 unspecified atom stereocenters. The molecule has 1 amide bonds. The van der Waals surface area contributed by atoms with Gasteiger partial charge in [-0.2, -0.15) is 0 Å². The van der Waals surface area contributed by atoms with E-state index in [1.807, 2.05) is 0 Å². The highest BCUT2D eigenvalue weighted by Gasteiger charge is 2.28. The molecule has 2 N–H and O–H groups in total. The number of methoxy groups -OCH3 is 1. The van der Waals surface area contributed by atoms with Gasteiger partial charge < -0.3 is 4.74 Å². The smallest absolute Gasteiger partial charge is 0.267 e. The monoisotopic (exact) mass is 467 g/mol. The van der Waals surface area contributed by atoms with Gasteiger partial charge in [0.2, 0.25) is 0 Å². The highest BCUT2D eigenvalue weighted by molar-refractivity contribution is 7.92. The van der Waals surface area contributed by atoms with Crippen molar-refractivity contribution < 1.29 is 23.2 Å². The molecule has 0 aliphatic heterocycles. The minimum Gasteiger partial charge on any atom is -0.497 e. The maximum atomic E-state index is 13.5. The van der Waals surface area contributed by atoms with Crippen LogP contribution in [0.1, 0.15) is 25.0 Å². The number of pyridine rings is 1. The third kappa shape index (κ3) is 5.39. The topological polar surface area (TPSA) is 109 Å². The number of anilines is 1. The van der Waals surface area contributed by atoms with Crippen LogP contribution in [0.3, 0.4) is 0 Å². The van der Waals surface area contributed by atoms with Crippen LogP contribution in [0.5, 0.6) is 5.75 Å². The van der Waals surface area contributed by atoms with E-state index in [2.05, 4.69) is 4.98 Å². The molecule has 3 aromatic rings. The van der Waals surface area contributed by atoms with Crippen LogP contribution in [0.4, 0.5) is 5.69 Å². The molecule has 1 aromatic heterocycles. The average molecular weight is 468 g/mol. The molecule has 0 fully saturated rings. The number of ether oxygens (including phenoxy) is 1. The molecular formula is C24H25N3O5S. The second-order valence-corrected chi connectivity index (χ2v) is 9.21. The van der Waals surface area contributed by atoms with E-state index in [1.165, 1.54) is 29.6 Å². The van der Waals surface area contributed by atoms with E-state index >= 15 is 0 Å². The molecule has 3 rings (SSSR count). The van der Waals surface area contributed by atoms with Crippen molar-refractivity contribution in [2.45, 2.75) is 24.8 Å². The van der Waals surface area contributed by atoms with Crippen molar-refractivity contribution in [2.75, 3.05) is 11.4 Å². The quantitative estimate of drug-likeness (QED) is 0.298. The van der Waals surface area contributed by atoms with Gasteiger partial charge in [0.25, 0.3) is 15.9 Å². The zero-order chi connectivity index (χ0) is 24.0. The summed E-state index contributed by atoms with van der Waals surface area (Å²) in [6.45, 7) is 3.57. The molecular weight excluding hydrogens is 442 g/mol. The van der Waals surface area contributed by atoms with Crippen LogP contribution in [-0.4, -0.2) is 37.7 Å². The van der Waals surface area contributed by atoms with Crippen molar-refractivity contribution in [1.29, 1.82) is 0 Å². The number of rotatable bonds is 8. The summed E-state index contributed by atoms with van der Waals surface area (Å²) >= 11 is 0. The summed E-state index contributed by atoms with van der Waals surface area (Å²) in [5, 5.41) is 9.01. The molecule has 2 aromatic carbocycles. The van der Waals surface area contributed by atoms with Gasteiger partial charge in [0.1, 0.15) is 5.75 Å². The largest absolute Gasteiger partial charge is 0.497 e. The molecule has 0 aliphatic rings. The third-order valence-electron chi connectivity index (χ3n) is 4.87. The van der Waals surface area contributed by atoms with Gasteiger partial charge in [0, 0.05) is 24.5 Å². The second kappa shape index (κ2) is 10.3. The highest BCUT2D eigenvalue weighted by atomic mass is 32.2. The molecule has 1 heterocycles. The lowest BCUT2D eigenvalue weighted by Gasteiger charge is -2.29. The fraction of sp³-hybridized carbons (Fsp3) is 0.167. The van der Waals surface area contributed by atoms with E-state index in [4.69, 9.17) is 9.94 Å². The zero-order valence-corrected chi connectivity index (χ0v) is 19.3. The first-order chi connectivity index (χ1) is 15.8. The van der Waals surface area contributed by atoms with Gasteiger partial charge >= 0.3 is 0 Å².